The minimum absolute atomic E-state index is 0.113. The molecule has 0 spiro atoms. The van der Waals surface area contributed by atoms with Crippen LogP contribution in [0.3, 0.4) is 0 Å². The molecule has 0 aliphatic rings. The SMILES string of the molecule is CCCC(N)c1cc2c(Cl)c(Br)cc(Cl)c2o1. The van der Waals surface area contributed by atoms with Crippen LogP contribution >= 0.6 is 39.1 Å². The first-order chi connectivity index (χ1) is 8.04. The van der Waals surface area contributed by atoms with Crippen LogP contribution in [-0.2, 0) is 0 Å². The van der Waals surface area contributed by atoms with Gasteiger partial charge in [-0.1, -0.05) is 36.5 Å². The molecule has 0 saturated carbocycles. The van der Waals surface area contributed by atoms with Gasteiger partial charge in [-0.05, 0) is 34.5 Å². The smallest absolute Gasteiger partial charge is 0.154 e. The number of benzene rings is 1. The Morgan fingerprint density at radius 1 is 1.41 bits per heavy atom. The molecule has 2 rings (SSSR count). The average Bonchev–Trinajstić information content (AvgIpc) is 2.72. The maximum atomic E-state index is 6.19. The molecular formula is C12H12BrCl2NO. The highest BCUT2D eigenvalue weighted by Crippen LogP contribution is 2.39. The van der Waals surface area contributed by atoms with E-state index in [2.05, 4.69) is 22.9 Å². The molecule has 2 aromatic rings. The molecule has 0 bridgehead atoms. The van der Waals surface area contributed by atoms with Gasteiger partial charge in [0.1, 0.15) is 5.76 Å². The van der Waals surface area contributed by atoms with Crippen LogP contribution in [0.5, 0.6) is 0 Å². The minimum atomic E-state index is -0.113. The van der Waals surface area contributed by atoms with Gasteiger partial charge < -0.3 is 10.2 Å². The zero-order chi connectivity index (χ0) is 12.6. The van der Waals surface area contributed by atoms with E-state index in [1.165, 1.54) is 0 Å². The van der Waals surface area contributed by atoms with Crippen LogP contribution in [0.4, 0.5) is 0 Å². The summed E-state index contributed by atoms with van der Waals surface area (Å²) in [5.74, 6) is 0.726. The third-order valence-corrected chi connectivity index (χ3v) is 4.17. The summed E-state index contributed by atoms with van der Waals surface area (Å²) >= 11 is 15.6. The van der Waals surface area contributed by atoms with Crippen molar-refractivity contribution in [3.05, 3.63) is 32.4 Å². The van der Waals surface area contributed by atoms with E-state index in [1.54, 1.807) is 6.07 Å². The van der Waals surface area contributed by atoms with Crippen LogP contribution < -0.4 is 5.73 Å². The lowest BCUT2D eigenvalue weighted by Gasteiger charge is -2.04. The molecule has 2 N–H and O–H groups in total. The van der Waals surface area contributed by atoms with Crippen LogP contribution in [-0.4, -0.2) is 0 Å². The van der Waals surface area contributed by atoms with Gasteiger partial charge in [0, 0.05) is 9.86 Å². The summed E-state index contributed by atoms with van der Waals surface area (Å²) in [6, 6.07) is 3.48. The van der Waals surface area contributed by atoms with Gasteiger partial charge in [0.2, 0.25) is 0 Å². The molecule has 0 radical (unpaired) electrons. The molecule has 1 aromatic heterocycles. The van der Waals surface area contributed by atoms with Gasteiger partial charge in [0.15, 0.2) is 5.58 Å². The van der Waals surface area contributed by atoms with Crippen LogP contribution in [0.15, 0.2) is 21.0 Å². The van der Waals surface area contributed by atoms with Crippen molar-refractivity contribution in [3.8, 4) is 0 Å². The molecule has 1 atom stereocenters. The number of nitrogens with two attached hydrogens (primary N) is 1. The van der Waals surface area contributed by atoms with E-state index in [0.717, 1.165) is 28.5 Å². The van der Waals surface area contributed by atoms with Crippen molar-refractivity contribution in [2.24, 2.45) is 5.73 Å². The molecule has 0 aliphatic carbocycles. The average molecular weight is 337 g/mol. The van der Waals surface area contributed by atoms with E-state index in [9.17, 15) is 0 Å². The third-order valence-electron chi connectivity index (χ3n) is 2.63. The fraction of sp³-hybridized carbons (Fsp3) is 0.333. The van der Waals surface area contributed by atoms with E-state index in [4.69, 9.17) is 33.4 Å². The maximum Gasteiger partial charge on any atom is 0.154 e. The Morgan fingerprint density at radius 2 is 2.12 bits per heavy atom. The lowest BCUT2D eigenvalue weighted by molar-refractivity contribution is 0.475. The molecule has 17 heavy (non-hydrogen) atoms. The molecule has 1 aromatic carbocycles. The highest BCUT2D eigenvalue weighted by Gasteiger charge is 2.16. The monoisotopic (exact) mass is 335 g/mol. The summed E-state index contributed by atoms with van der Waals surface area (Å²) in [6.07, 6.45) is 1.87. The van der Waals surface area contributed by atoms with Gasteiger partial charge >= 0.3 is 0 Å². The second kappa shape index (κ2) is 5.19. The largest absolute Gasteiger partial charge is 0.458 e. The summed E-state index contributed by atoms with van der Waals surface area (Å²) < 4.78 is 6.44. The molecule has 0 aliphatic heterocycles. The Bertz CT molecular complexity index is 553. The van der Waals surface area contributed by atoms with Crippen LogP contribution in [0.1, 0.15) is 31.6 Å². The van der Waals surface area contributed by atoms with Gasteiger partial charge in [-0.3, -0.25) is 0 Å². The van der Waals surface area contributed by atoms with Crippen molar-refractivity contribution < 1.29 is 4.42 Å². The fourth-order valence-electron chi connectivity index (χ4n) is 1.76. The zero-order valence-electron chi connectivity index (χ0n) is 9.27. The van der Waals surface area contributed by atoms with Crippen molar-refractivity contribution in [1.82, 2.24) is 0 Å². The molecule has 0 amide bonds. The van der Waals surface area contributed by atoms with Crippen molar-refractivity contribution >= 4 is 50.1 Å². The first kappa shape index (κ1) is 13.2. The van der Waals surface area contributed by atoms with E-state index in [1.807, 2.05) is 6.07 Å². The van der Waals surface area contributed by atoms with Crippen molar-refractivity contribution in [2.75, 3.05) is 0 Å². The van der Waals surface area contributed by atoms with Crippen LogP contribution in [0.2, 0.25) is 10.0 Å². The number of hydrogen-bond donors (Lipinski definition) is 1. The second-order valence-corrected chi connectivity index (χ2v) is 5.58. The molecule has 2 nitrogen and oxygen atoms in total. The standard InChI is InChI=1S/C12H12BrCl2NO/c1-2-3-9(16)10-4-6-11(15)7(13)5-8(14)12(6)17-10/h4-5,9H,2-3,16H2,1H3. The summed E-state index contributed by atoms with van der Waals surface area (Å²) in [4.78, 5) is 0. The van der Waals surface area contributed by atoms with Crippen LogP contribution in [0.25, 0.3) is 11.0 Å². The Balaban J connectivity index is 2.57. The molecule has 0 fully saturated rings. The van der Waals surface area contributed by atoms with Crippen molar-refractivity contribution in [2.45, 2.75) is 25.8 Å². The van der Waals surface area contributed by atoms with Gasteiger partial charge in [-0.2, -0.15) is 0 Å². The number of halogens is 3. The number of furan rings is 1. The highest BCUT2D eigenvalue weighted by molar-refractivity contribution is 9.10. The molecule has 1 heterocycles. The van der Waals surface area contributed by atoms with E-state index >= 15 is 0 Å². The Hall–Kier alpha value is -0.220. The number of hydrogen-bond acceptors (Lipinski definition) is 2. The highest BCUT2D eigenvalue weighted by atomic mass is 79.9. The van der Waals surface area contributed by atoms with E-state index < -0.39 is 0 Å². The molecular weight excluding hydrogens is 325 g/mol. The van der Waals surface area contributed by atoms with Crippen LogP contribution in [0, 0.1) is 0 Å². The maximum absolute atomic E-state index is 6.19. The Kier molecular flexibility index (Phi) is 4.03. The topological polar surface area (TPSA) is 39.2 Å². The molecule has 5 heteroatoms. The van der Waals surface area contributed by atoms with E-state index in [0.29, 0.717) is 15.6 Å². The van der Waals surface area contributed by atoms with Gasteiger partial charge in [0.05, 0.1) is 16.1 Å². The van der Waals surface area contributed by atoms with E-state index in [-0.39, 0.29) is 6.04 Å². The van der Waals surface area contributed by atoms with Gasteiger partial charge in [-0.25, -0.2) is 0 Å². The first-order valence-corrected chi connectivity index (χ1v) is 6.92. The lowest BCUT2D eigenvalue weighted by atomic mass is 10.1. The quantitative estimate of drug-likeness (QED) is 0.772. The zero-order valence-corrected chi connectivity index (χ0v) is 12.4. The third kappa shape index (κ3) is 2.48. The second-order valence-electron chi connectivity index (χ2n) is 3.94. The molecule has 1 unspecified atom stereocenters. The van der Waals surface area contributed by atoms with Crippen molar-refractivity contribution in [3.63, 3.8) is 0 Å². The van der Waals surface area contributed by atoms with Crippen molar-refractivity contribution in [1.29, 1.82) is 0 Å². The summed E-state index contributed by atoms with van der Waals surface area (Å²) in [7, 11) is 0. The van der Waals surface area contributed by atoms with Gasteiger partial charge in [-0.15, -0.1) is 0 Å². The lowest BCUT2D eigenvalue weighted by Crippen LogP contribution is -2.08. The Labute approximate surface area is 118 Å². The minimum Gasteiger partial charge on any atom is -0.458 e. The molecule has 0 saturated heterocycles. The molecule has 92 valence electrons. The van der Waals surface area contributed by atoms with Gasteiger partial charge in [0.25, 0.3) is 0 Å². The normalized spacial score (nSPS) is 13.2. The summed E-state index contributed by atoms with van der Waals surface area (Å²) in [6.45, 7) is 2.08. The first-order valence-electron chi connectivity index (χ1n) is 5.37. The number of rotatable bonds is 3. The predicted molar refractivity (Wildman–Crippen MR) is 75.8 cm³/mol. The fourth-order valence-corrected chi connectivity index (χ4v) is 2.77. The summed E-state index contributed by atoms with van der Waals surface area (Å²) in [5.41, 5.74) is 6.61. The summed E-state index contributed by atoms with van der Waals surface area (Å²) in [5, 5.41) is 1.93. The Morgan fingerprint density at radius 3 is 2.76 bits per heavy atom. The number of fused-ring (bicyclic) bond motifs is 1. The predicted octanol–water partition coefficient (Wildman–Crippen LogP) is 5.30.